The number of benzene rings is 1. The van der Waals surface area contributed by atoms with Crippen molar-refractivity contribution in [2.75, 3.05) is 19.6 Å². The molecule has 1 aromatic carbocycles. The van der Waals surface area contributed by atoms with Gasteiger partial charge in [0.1, 0.15) is 0 Å². The van der Waals surface area contributed by atoms with E-state index in [4.69, 9.17) is 11.6 Å². The van der Waals surface area contributed by atoms with Gasteiger partial charge >= 0.3 is 0 Å². The number of nitrogens with one attached hydrogen (secondary N) is 2. The Morgan fingerprint density at radius 2 is 2.00 bits per heavy atom. The number of sulfonamides is 1. The van der Waals surface area contributed by atoms with Crippen LogP contribution in [-0.2, 0) is 10.0 Å². The first-order valence-corrected chi connectivity index (χ1v) is 8.75. The third-order valence-corrected chi connectivity index (χ3v) is 5.83. The maximum atomic E-state index is 12.4. The first kappa shape index (κ1) is 20.1. The zero-order valence-corrected chi connectivity index (χ0v) is 14.9. The minimum absolute atomic E-state index is 0. The lowest BCUT2D eigenvalue weighted by Gasteiger charge is -2.34. The van der Waals surface area contributed by atoms with Crippen molar-refractivity contribution in [2.45, 2.75) is 24.7 Å². The molecule has 1 aliphatic heterocycles. The minimum atomic E-state index is -4.05. The molecule has 1 aliphatic rings. The largest absolute Gasteiger partial charge is 0.317 e. The molecule has 0 amide bonds. The lowest BCUT2D eigenvalue weighted by molar-refractivity contribution is -0.387. The van der Waals surface area contributed by atoms with Gasteiger partial charge in [0.15, 0.2) is 4.90 Å². The fraction of sp³-hybridized carbons (Fsp3) is 0.538. The minimum Gasteiger partial charge on any atom is -0.317 e. The average molecular weight is 384 g/mol. The van der Waals surface area contributed by atoms with E-state index in [-0.39, 0.29) is 29.4 Å². The molecule has 0 aliphatic carbocycles. The normalized spacial score (nSPS) is 17.3. The van der Waals surface area contributed by atoms with Gasteiger partial charge in [0.05, 0.1) is 9.95 Å². The van der Waals surface area contributed by atoms with Crippen LogP contribution in [0.5, 0.6) is 0 Å². The molecule has 130 valence electrons. The summed E-state index contributed by atoms with van der Waals surface area (Å²) in [5.41, 5.74) is -0.690. The number of hydrogen-bond donors (Lipinski definition) is 2. The first-order valence-electron chi connectivity index (χ1n) is 6.88. The lowest BCUT2D eigenvalue weighted by Crippen LogP contribution is -2.43. The Hall–Kier alpha value is -0.930. The predicted octanol–water partition coefficient (Wildman–Crippen LogP) is 2.34. The quantitative estimate of drug-likeness (QED) is 0.599. The second kappa shape index (κ2) is 7.76. The summed E-state index contributed by atoms with van der Waals surface area (Å²) in [5.74, 6) is 0. The van der Waals surface area contributed by atoms with Crippen LogP contribution < -0.4 is 10.0 Å². The fourth-order valence-electron chi connectivity index (χ4n) is 2.46. The van der Waals surface area contributed by atoms with Gasteiger partial charge in [-0.1, -0.05) is 24.6 Å². The first-order chi connectivity index (χ1) is 10.3. The monoisotopic (exact) mass is 383 g/mol. The van der Waals surface area contributed by atoms with E-state index in [2.05, 4.69) is 10.0 Å². The zero-order valence-electron chi connectivity index (χ0n) is 12.5. The van der Waals surface area contributed by atoms with Crippen molar-refractivity contribution < 1.29 is 13.3 Å². The Morgan fingerprint density at radius 3 is 2.57 bits per heavy atom. The van der Waals surface area contributed by atoms with Crippen molar-refractivity contribution in [2.24, 2.45) is 5.41 Å². The van der Waals surface area contributed by atoms with Crippen LogP contribution in [0.4, 0.5) is 5.69 Å². The number of hydrogen-bond acceptors (Lipinski definition) is 5. The van der Waals surface area contributed by atoms with Crippen molar-refractivity contribution in [1.82, 2.24) is 10.0 Å². The van der Waals surface area contributed by atoms with Crippen molar-refractivity contribution >= 4 is 39.7 Å². The van der Waals surface area contributed by atoms with Crippen molar-refractivity contribution in [3.05, 3.63) is 33.3 Å². The van der Waals surface area contributed by atoms with E-state index in [9.17, 15) is 18.5 Å². The zero-order chi connectivity index (χ0) is 16.4. The topological polar surface area (TPSA) is 101 Å². The van der Waals surface area contributed by atoms with Crippen LogP contribution in [-0.4, -0.2) is 33.0 Å². The maximum absolute atomic E-state index is 12.4. The van der Waals surface area contributed by atoms with Crippen LogP contribution in [0.1, 0.15) is 19.8 Å². The summed E-state index contributed by atoms with van der Waals surface area (Å²) < 4.78 is 27.4. The number of nitro groups is 1. The Kier molecular flexibility index (Phi) is 6.79. The molecule has 0 spiro atoms. The fourth-order valence-corrected chi connectivity index (χ4v) is 4.36. The molecule has 0 bridgehead atoms. The van der Waals surface area contributed by atoms with Crippen LogP contribution in [0.2, 0.25) is 5.02 Å². The van der Waals surface area contributed by atoms with Gasteiger partial charge in [0.2, 0.25) is 10.0 Å². The highest BCUT2D eigenvalue weighted by Gasteiger charge is 2.32. The van der Waals surface area contributed by atoms with Crippen LogP contribution in [0.25, 0.3) is 0 Å². The Morgan fingerprint density at radius 1 is 1.39 bits per heavy atom. The molecule has 0 saturated carbocycles. The molecular weight excluding hydrogens is 365 g/mol. The molecule has 0 unspecified atom stereocenters. The number of nitro benzene ring substituents is 1. The molecule has 23 heavy (non-hydrogen) atoms. The highest BCUT2D eigenvalue weighted by atomic mass is 35.5. The maximum Gasteiger partial charge on any atom is 0.290 e. The molecule has 1 heterocycles. The van der Waals surface area contributed by atoms with E-state index < -0.39 is 25.5 Å². The van der Waals surface area contributed by atoms with Crippen LogP contribution in [0.3, 0.4) is 0 Å². The van der Waals surface area contributed by atoms with Crippen molar-refractivity contribution in [1.29, 1.82) is 0 Å². The van der Waals surface area contributed by atoms with Gasteiger partial charge in [-0.25, -0.2) is 13.1 Å². The molecule has 1 fully saturated rings. The Bertz CT molecular complexity index is 676. The molecule has 7 nitrogen and oxygen atoms in total. The second-order valence-electron chi connectivity index (χ2n) is 5.73. The van der Waals surface area contributed by atoms with Gasteiger partial charge < -0.3 is 5.32 Å². The van der Waals surface area contributed by atoms with Gasteiger partial charge in [-0.05, 0) is 37.4 Å². The molecule has 2 N–H and O–H groups in total. The molecule has 2 rings (SSSR count). The third kappa shape index (κ3) is 4.77. The third-order valence-electron chi connectivity index (χ3n) is 3.91. The predicted molar refractivity (Wildman–Crippen MR) is 90.8 cm³/mol. The van der Waals surface area contributed by atoms with Gasteiger partial charge in [0, 0.05) is 12.6 Å². The van der Waals surface area contributed by atoms with Crippen LogP contribution >= 0.6 is 24.0 Å². The molecule has 0 atom stereocenters. The van der Waals surface area contributed by atoms with Gasteiger partial charge in [-0.3, -0.25) is 10.1 Å². The van der Waals surface area contributed by atoms with E-state index in [1.807, 2.05) is 6.92 Å². The molecular formula is C13H19Cl2N3O4S. The smallest absolute Gasteiger partial charge is 0.290 e. The van der Waals surface area contributed by atoms with E-state index in [1.54, 1.807) is 0 Å². The highest BCUT2D eigenvalue weighted by Crippen LogP contribution is 2.32. The van der Waals surface area contributed by atoms with E-state index in [0.29, 0.717) is 0 Å². The Labute approximate surface area is 146 Å². The second-order valence-corrected chi connectivity index (χ2v) is 7.84. The summed E-state index contributed by atoms with van der Waals surface area (Å²) >= 11 is 5.88. The summed E-state index contributed by atoms with van der Waals surface area (Å²) in [6.45, 7) is 3.87. The van der Waals surface area contributed by atoms with Crippen LogP contribution in [0, 0.1) is 15.5 Å². The van der Waals surface area contributed by atoms with Crippen molar-refractivity contribution in [3.8, 4) is 0 Å². The summed E-state index contributed by atoms with van der Waals surface area (Å²) in [7, 11) is -4.05. The SMILES string of the molecule is CC1(CNS(=O)(=O)c2c(Cl)cccc2[N+](=O)[O-])CCNCC1.Cl. The molecule has 10 heteroatoms. The number of halogens is 2. The molecule has 0 aromatic heterocycles. The highest BCUT2D eigenvalue weighted by molar-refractivity contribution is 7.89. The molecule has 1 saturated heterocycles. The molecule has 0 radical (unpaired) electrons. The van der Waals surface area contributed by atoms with Gasteiger partial charge in [-0.2, -0.15) is 0 Å². The summed E-state index contributed by atoms with van der Waals surface area (Å²) in [6.07, 6.45) is 1.67. The average Bonchev–Trinajstić information content (AvgIpc) is 2.46. The summed E-state index contributed by atoms with van der Waals surface area (Å²) in [4.78, 5) is 9.82. The lowest BCUT2D eigenvalue weighted by atomic mass is 9.81. The van der Waals surface area contributed by atoms with Gasteiger partial charge in [-0.15, -0.1) is 12.4 Å². The van der Waals surface area contributed by atoms with Crippen molar-refractivity contribution in [3.63, 3.8) is 0 Å². The van der Waals surface area contributed by atoms with Crippen LogP contribution in [0.15, 0.2) is 23.1 Å². The van der Waals surface area contributed by atoms with Gasteiger partial charge in [0.25, 0.3) is 5.69 Å². The summed E-state index contributed by atoms with van der Waals surface area (Å²) in [5, 5.41) is 14.1. The Balaban J connectivity index is 0.00000264. The molecule has 1 aromatic rings. The number of piperidine rings is 1. The standard InChI is InChI=1S/C13H18ClN3O4S.ClH/c1-13(5-7-15-8-6-13)9-16-22(20,21)12-10(14)3-2-4-11(12)17(18)19;/h2-4,15-16H,5-9H2,1H3;1H. The van der Waals surface area contributed by atoms with E-state index in [0.717, 1.165) is 32.0 Å². The van der Waals surface area contributed by atoms with E-state index in [1.165, 1.54) is 12.1 Å². The van der Waals surface area contributed by atoms with E-state index >= 15 is 0 Å². The number of nitrogens with zero attached hydrogens (tertiary/aromatic N) is 1. The summed E-state index contributed by atoms with van der Waals surface area (Å²) in [6, 6.07) is 3.82. The number of rotatable bonds is 5.